The Morgan fingerprint density at radius 1 is 1.12 bits per heavy atom. The molecule has 0 aliphatic carbocycles. The van der Waals surface area contributed by atoms with E-state index in [0.29, 0.717) is 20.4 Å². The zero-order valence-corrected chi connectivity index (χ0v) is 14.4. The van der Waals surface area contributed by atoms with E-state index in [2.05, 4.69) is 0 Å². The normalized spacial score (nSPS) is 11.1. The Bertz CT molecular complexity index is 1160. The number of carbonyl (C=O) groups is 1. The Balaban J connectivity index is 1.77. The number of carbonyl (C=O) groups excluding carboxylic acids is 1. The molecule has 4 nitrogen and oxygen atoms in total. The number of hydrogen-bond acceptors (Lipinski definition) is 5. The zero-order chi connectivity index (χ0) is 17.4. The monoisotopic (exact) mass is 370 g/mol. The van der Waals surface area contributed by atoms with Crippen molar-refractivity contribution in [3.05, 3.63) is 79.8 Å². The molecule has 0 aliphatic rings. The molecule has 0 amide bonds. The highest BCUT2D eigenvalue weighted by atomic mass is 35.5. The van der Waals surface area contributed by atoms with Gasteiger partial charge in [-0.05, 0) is 29.0 Å². The first kappa shape index (κ1) is 15.9. The Morgan fingerprint density at radius 2 is 1.96 bits per heavy atom. The molecule has 0 saturated carbocycles. The maximum absolute atomic E-state index is 12.1. The first-order valence-electron chi connectivity index (χ1n) is 7.49. The lowest BCUT2D eigenvalue weighted by atomic mass is 10.0. The van der Waals surface area contributed by atoms with Gasteiger partial charge in [0.25, 0.3) is 0 Å². The van der Waals surface area contributed by atoms with Crippen LogP contribution in [0.5, 0.6) is 0 Å². The first-order chi connectivity index (χ1) is 12.1. The van der Waals surface area contributed by atoms with Crippen LogP contribution < -0.4 is 5.63 Å². The quantitative estimate of drug-likeness (QED) is 0.289. The van der Waals surface area contributed by atoms with Gasteiger partial charge in [0.2, 0.25) is 0 Å². The van der Waals surface area contributed by atoms with Crippen LogP contribution in [0.25, 0.3) is 21.7 Å². The third kappa shape index (κ3) is 3.04. The molecule has 0 saturated heterocycles. The number of halogens is 1. The van der Waals surface area contributed by atoms with Crippen LogP contribution in [-0.4, -0.2) is 5.97 Å². The average molecular weight is 371 g/mol. The summed E-state index contributed by atoms with van der Waals surface area (Å²) in [7, 11) is 0. The molecule has 0 bridgehead atoms. The fraction of sp³-hybridized carbons (Fsp3) is 0.0526. The molecule has 2 aromatic carbocycles. The minimum Gasteiger partial charge on any atom is -0.457 e. The molecule has 4 rings (SSSR count). The van der Waals surface area contributed by atoms with Crippen molar-refractivity contribution in [2.75, 3.05) is 0 Å². The summed E-state index contributed by atoms with van der Waals surface area (Å²) in [5.41, 5.74) is 0.600. The van der Waals surface area contributed by atoms with E-state index in [-0.39, 0.29) is 6.61 Å². The van der Waals surface area contributed by atoms with Crippen molar-refractivity contribution in [2.24, 2.45) is 0 Å². The number of hydrogen-bond donors (Lipinski definition) is 0. The molecule has 25 heavy (non-hydrogen) atoms. The van der Waals surface area contributed by atoms with Crippen molar-refractivity contribution in [3.63, 3.8) is 0 Å². The summed E-state index contributed by atoms with van der Waals surface area (Å²) in [4.78, 5) is 24.4. The fourth-order valence-corrected chi connectivity index (χ4v) is 3.71. The van der Waals surface area contributed by atoms with E-state index in [1.54, 1.807) is 18.2 Å². The van der Waals surface area contributed by atoms with Gasteiger partial charge < -0.3 is 9.15 Å². The van der Waals surface area contributed by atoms with Crippen LogP contribution in [0.4, 0.5) is 0 Å². The lowest BCUT2D eigenvalue weighted by Gasteiger charge is -2.09. The molecule has 0 aliphatic heterocycles. The van der Waals surface area contributed by atoms with Crippen molar-refractivity contribution in [1.82, 2.24) is 0 Å². The molecule has 0 radical (unpaired) electrons. The number of thiophene rings is 1. The maximum atomic E-state index is 12.1. The van der Waals surface area contributed by atoms with Crippen LogP contribution in [0.1, 0.15) is 15.2 Å². The second-order valence-electron chi connectivity index (χ2n) is 5.43. The van der Waals surface area contributed by atoms with Gasteiger partial charge in [-0.1, -0.05) is 41.9 Å². The van der Waals surface area contributed by atoms with E-state index in [9.17, 15) is 9.59 Å². The largest absolute Gasteiger partial charge is 0.457 e. The average Bonchev–Trinajstić information content (AvgIpc) is 3.05. The van der Waals surface area contributed by atoms with Crippen molar-refractivity contribution in [3.8, 4) is 0 Å². The summed E-state index contributed by atoms with van der Waals surface area (Å²) in [6.07, 6.45) is 0. The fourth-order valence-electron chi connectivity index (χ4n) is 2.77. The second kappa shape index (κ2) is 6.35. The zero-order valence-electron chi connectivity index (χ0n) is 12.8. The van der Waals surface area contributed by atoms with Crippen LogP contribution in [0, 0.1) is 0 Å². The molecule has 2 heterocycles. The van der Waals surface area contributed by atoms with E-state index in [0.717, 1.165) is 27.5 Å². The highest BCUT2D eigenvalue weighted by Crippen LogP contribution is 2.28. The number of ether oxygens (including phenoxy) is 1. The second-order valence-corrected chi connectivity index (χ2v) is 7.15. The first-order valence-corrected chi connectivity index (χ1v) is 8.68. The van der Waals surface area contributed by atoms with Gasteiger partial charge in [0, 0.05) is 17.0 Å². The summed E-state index contributed by atoms with van der Waals surface area (Å²) in [6.45, 7) is -0.0234. The van der Waals surface area contributed by atoms with Crippen molar-refractivity contribution >= 4 is 50.6 Å². The van der Waals surface area contributed by atoms with Gasteiger partial charge in [-0.15, -0.1) is 11.3 Å². The van der Waals surface area contributed by atoms with E-state index >= 15 is 0 Å². The van der Waals surface area contributed by atoms with Crippen molar-refractivity contribution in [1.29, 1.82) is 0 Å². The molecule has 0 fully saturated rings. The van der Waals surface area contributed by atoms with Crippen molar-refractivity contribution in [2.45, 2.75) is 6.61 Å². The minimum atomic E-state index is -0.479. The summed E-state index contributed by atoms with van der Waals surface area (Å²) in [5.74, 6) is -0.474. The molecule has 6 heteroatoms. The molecule has 124 valence electrons. The molecular formula is C19H11ClO4S. The van der Waals surface area contributed by atoms with Crippen LogP contribution in [0.2, 0.25) is 4.34 Å². The Morgan fingerprint density at radius 3 is 2.76 bits per heavy atom. The molecule has 0 unspecified atom stereocenters. The van der Waals surface area contributed by atoms with Crippen LogP contribution in [0.3, 0.4) is 0 Å². The maximum Gasteiger partial charge on any atom is 0.348 e. The molecule has 0 atom stereocenters. The Labute approximate surface area is 151 Å². The van der Waals surface area contributed by atoms with E-state index < -0.39 is 11.6 Å². The molecule has 2 aromatic heterocycles. The number of rotatable bonds is 3. The predicted molar refractivity (Wildman–Crippen MR) is 98.4 cm³/mol. The smallest absolute Gasteiger partial charge is 0.348 e. The SMILES string of the molecule is O=C(OCc1cc(=O)oc2ccc3ccccc3c12)c1ccc(Cl)s1. The van der Waals surface area contributed by atoms with Crippen LogP contribution in [-0.2, 0) is 11.3 Å². The van der Waals surface area contributed by atoms with Crippen LogP contribution >= 0.6 is 22.9 Å². The van der Waals surface area contributed by atoms with Crippen LogP contribution in [0.15, 0.2) is 63.8 Å². The predicted octanol–water partition coefficient (Wildman–Crippen LogP) is 5.02. The third-order valence-electron chi connectivity index (χ3n) is 3.85. The number of fused-ring (bicyclic) bond motifs is 3. The molecule has 0 spiro atoms. The van der Waals surface area contributed by atoms with Gasteiger partial charge in [-0.2, -0.15) is 0 Å². The van der Waals surface area contributed by atoms with Gasteiger partial charge in [-0.3, -0.25) is 0 Å². The van der Waals surface area contributed by atoms with Gasteiger partial charge in [0.05, 0.1) is 4.34 Å². The van der Waals surface area contributed by atoms with E-state index in [4.69, 9.17) is 20.8 Å². The Kier molecular flexibility index (Phi) is 4.03. The minimum absolute atomic E-state index is 0.0234. The number of esters is 1. The summed E-state index contributed by atoms with van der Waals surface area (Å²) < 4.78 is 11.2. The summed E-state index contributed by atoms with van der Waals surface area (Å²) in [5, 5.41) is 2.73. The van der Waals surface area contributed by atoms with Crippen molar-refractivity contribution < 1.29 is 13.9 Å². The lowest BCUT2D eigenvalue weighted by Crippen LogP contribution is -2.07. The van der Waals surface area contributed by atoms with Gasteiger partial charge in [-0.25, -0.2) is 9.59 Å². The van der Waals surface area contributed by atoms with Gasteiger partial charge >= 0.3 is 11.6 Å². The standard InChI is InChI=1S/C19H11ClO4S/c20-16-8-7-15(25-16)19(22)23-10-12-9-17(21)24-14-6-5-11-3-1-2-4-13(11)18(12)14/h1-9H,10H2. The van der Waals surface area contributed by atoms with E-state index in [1.807, 2.05) is 30.3 Å². The lowest BCUT2D eigenvalue weighted by molar-refractivity contribution is 0.0479. The third-order valence-corrected chi connectivity index (χ3v) is 5.06. The topological polar surface area (TPSA) is 56.5 Å². The highest BCUT2D eigenvalue weighted by Gasteiger charge is 2.14. The number of benzene rings is 2. The summed E-state index contributed by atoms with van der Waals surface area (Å²) in [6, 6.07) is 16.0. The van der Waals surface area contributed by atoms with Gasteiger partial charge in [0.1, 0.15) is 17.1 Å². The molecule has 4 aromatic rings. The van der Waals surface area contributed by atoms with E-state index in [1.165, 1.54) is 6.07 Å². The van der Waals surface area contributed by atoms with Gasteiger partial charge in [0.15, 0.2) is 0 Å². The molecule has 0 N–H and O–H groups in total. The summed E-state index contributed by atoms with van der Waals surface area (Å²) >= 11 is 6.99. The molecular weight excluding hydrogens is 360 g/mol. The Hall–Kier alpha value is -2.63. The highest BCUT2D eigenvalue weighted by molar-refractivity contribution is 7.17.